The van der Waals surface area contributed by atoms with Crippen molar-refractivity contribution in [1.82, 2.24) is 0 Å². The second-order valence-electron chi connectivity index (χ2n) is 3.19. The Balaban J connectivity index is 2.73. The number of halogens is 1. The molecular formula is C11H12ClNO3. The number of benzene rings is 1. The standard InChI is InChI=1S/C11H12ClNO3/c12-7-3-6-10(14)13-9-5-2-1-4-8(9)11(15)16/h1-2,4-5H,3,6-7H2,(H,13,14)(H,15,16). The van der Waals surface area contributed by atoms with Crippen molar-refractivity contribution in [3.63, 3.8) is 0 Å². The van der Waals surface area contributed by atoms with Gasteiger partial charge in [0.2, 0.25) is 5.91 Å². The summed E-state index contributed by atoms with van der Waals surface area (Å²) in [5.74, 6) is -0.879. The number of aromatic carboxylic acids is 1. The highest BCUT2D eigenvalue weighted by molar-refractivity contribution is 6.18. The Morgan fingerprint density at radius 1 is 1.31 bits per heavy atom. The van der Waals surface area contributed by atoms with Gasteiger partial charge in [0.15, 0.2) is 0 Å². The van der Waals surface area contributed by atoms with Gasteiger partial charge in [-0.1, -0.05) is 12.1 Å². The van der Waals surface area contributed by atoms with Gasteiger partial charge in [0.25, 0.3) is 0 Å². The van der Waals surface area contributed by atoms with Crippen molar-refractivity contribution in [3.8, 4) is 0 Å². The lowest BCUT2D eigenvalue weighted by Crippen LogP contribution is -2.14. The van der Waals surface area contributed by atoms with Crippen LogP contribution in [0.4, 0.5) is 5.69 Å². The Morgan fingerprint density at radius 3 is 2.62 bits per heavy atom. The molecule has 1 aromatic carbocycles. The second kappa shape index (κ2) is 6.12. The number of alkyl halides is 1. The number of hydrogen-bond donors (Lipinski definition) is 2. The molecule has 86 valence electrons. The summed E-state index contributed by atoms with van der Waals surface area (Å²) >= 11 is 5.46. The van der Waals surface area contributed by atoms with Crippen LogP contribution in [0.25, 0.3) is 0 Å². The van der Waals surface area contributed by atoms with Crippen LogP contribution >= 0.6 is 11.6 Å². The van der Waals surface area contributed by atoms with Gasteiger partial charge in [-0.2, -0.15) is 0 Å². The smallest absolute Gasteiger partial charge is 0.337 e. The number of carbonyl (C=O) groups excluding carboxylic acids is 1. The van der Waals surface area contributed by atoms with Gasteiger partial charge < -0.3 is 10.4 Å². The zero-order valence-electron chi connectivity index (χ0n) is 8.57. The van der Waals surface area contributed by atoms with Crippen LogP contribution in [0.15, 0.2) is 24.3 Å². The normalized spacial score (nSPS) is 9.81. The van der Waals surface area contributed by atoms with E-state index >= 15 is 0 Å². The highest BCUT2D eigenvalue weighted by Gasteiger charge is 2.10. The Bertz CT molecular complexity index is 393. The predicted octanol–water partition coefficient (Wildman–Crippen LogP) is 2.34. The highest BCUT2D eigenvalue weighted by Crippen LogP contribution is 2.15. The summed E-state index contributed by atoms with van der Waals surface area (Å²) in [6.45, 7) is 0. The van der Waals surface area contributed by atoms with Gasteiger partial charge in [-0.3, -0.25) is 4.79 Å². The van der Waals surface area contributed by atoms with Crippen molar-refractivity contribution in [2.24, 2.45) is 0 Å². The molecule has 0 aliphatic heterocycles. The molecule has 1 amide bonds. The van der Waals surface area contributed by atoms with E-state index in [9.17, 15) is 9.59 Å². The van der Waals surface area contributed by atoms with Crippen LogP contribution in [0.1, 0.15) is 23.2 Å². The average molecular weight is 242 g/mol. The van der Waals surface area contributed by atoms with Gasteiger partial charge in [-0.05, 0) is 18.6 Å². The van der Waals surface area contributed by atoms with E-state index in [1.54, 1.807) is 18.2 Å². The fraction of sp³-hybridized carbons (Fsp3) is 0.273. The minimum absolute atomic E-state index is 0.0849. The summed E-state index contributed by atoms with van der Waals surface area (Å²) < 4.78 is 0. The molecule has 0 atom stereocenters. The fourth-order valence-corrected chi connectivity index (χ4v) is 1.35. The minimum atomic E-state index is -1.06. The lowest BCUT2D eigenvalue weighted by atomic mass is 10.1. The fourth-order valence-electron chi connectivity index (χ4n) is 1.22. The van der Waals surface area contributed by atoms with E-state index in [4.69, 9.17) is 16.7 Å². The van der Waals surface area contributed by atoms with Gasteiger partial charge in [-0.15, -0.1) is 11.6 Å². The number of carbonyl (C=O) groups is 2. The lowest BCUT2D eigenvalue weighted by Gasteiger charge is -2.07. The molecule has 1 aromatic rings. The number of amides is 1. The number of carboxylic acids is 1. The molecule has 0 bridgehead atoms. The minimum Gasteiger partial charge on any atom is -0.478 e. The number of nitrogens with one attached hydrogen (secondary N) is 1. The first-order valence-corrected chi connectivity index (χ1v) is 5.36. The highest BCUT2D eigenvalue weighted by atomic mass is 35.5. The SMILES string of the molecule is O=C(CCCCl)Nc1ccccc1C(=O)O. The lowest BCUT2D eigenvalue weighted by molar-refractivity contribution is -0.116. The quantitative estimate of drug-likeness (QED) is 0.778. The van der Waals surface area contributed by atoms with Crippen LogP contribution in [0.2, 0.25) is 0 Å². The van der Waals surface area contributed by atoms with Crippen LogP contribution in [0.3, 0.4) is 0 Å². The third-order valence-electron chi connectivity index (χ3n) is 1.97. The van der Waals surface area contributed by atoms with Crippen LogP contribution in [0.5, 0.6) is 0 Å². The maximum Gasteiger partial charge on any atom is 0.337 e. The van der Waals surface area contributed by atoms with E-state index in [0.717, 1.165) is 0 Å². The van der Waals surface area contributed by atoms with E-state index in [1.807, 2.05) is 0 Å². The molecule has 2 N–H and O–H groups in total. The first-order chi connectivity index (χ1) is 7.65. The molecule has 0 spiro atoms. The van der Waals surface area contributed by atoms with E-state index < -0.39 is 5.97 Å². The first kappa shape index (κ1) is 12.5. The number of rotatable bonds is 5. The molecule has 1 rings (SSSR count). The molecular weight excluding hydrogens is 230 g/mol. The molecule has 0 radical (unpaired) electrons. The van der Waals surface area contributed by atoms with Crippen molar-refractivity contribution < 1.29 is 14.7 Å². The molecule has 4 nitrogen and oxygen atoms in total. The Hall–Kier alpha value is -1.55. The molecule has 5 heteroatoms. The van der Waals surface area contributed by atoms with Crippen molar-refractivity contribution in [3.05, 3.63) is 29.8 Å². The molecule has 0 aliphatic rings. The summed E-state index contributed by atoms with van der Waals surface area (Å²) in [6, 6.07) is 6.28. The van der Waals surface area contributed by atoms with Crippen LogP contribution < -0.4 is 5.32 Å². The van der Waals surface area contributed by atoms with Gasteiger partial charge in [0, 0.05) is 12.3 Å². The Morgan fingerprint density at radius 2 is 2.00 bits per heavy atom. The summed E-state index contributed by atoms with van der Waals surface area (Å²) in [6.07, 6.45) is 0.861. The van der Waals surface area contributed by atoms with Gasteiger partial charge >= 0.3 is 5.97 Å². The first-order valence-electron chi connectivity index (χ1n) is 4.83. The number of carboxylic acid groups (broad SMARTS) is 1. The zero-order chi connectivity index (χ0) is 12.0. The molecule has 16 heavy (non-hydrogen) atoms. The molecule has 0 saturated heterocycles. The van der Waals surface area contributed by atoms with Gasteiger partial charge in [0.1, 0.15) is 0 Å². The van der Waals surface area contributed by atoms with Crippen LogP contribution in [-0.2, 0) is 4.79 Å². The maximum atomic E-state index is 11.4. The third-order valence-corrected chi connectivity index (χ3v) is 2.24. The summed E-state index contributed by atoms with van der Waals surface area (Å²) in [5.41, 5.74) is 0.399. The summed E-state index contributed by atoms with van der Waals surface area (Å²) in [5, 5.41) is 11.4. The summed E-state index contributed by atoms with van der Waals surface area (Å²) in [7, 11) is 0. The van der Waals surface area contributed by atoms with E-state index in [0.29, 0.717) is 18.0 Å². The van der Waals surface area contributed by atoms with E-state index in [-0.39, 0.29) is 17.9 Å². The van der Waals surface area contributed by atoms with Crippen LogP contribution in [-0.4, -0.2) is 22.9 Å². The average Bonchev–Trinajstić information content (AvgIpc) is 2.27. The molecule has 0 aliphatic carbocycles. The largest absolute Gasteiger partial charge is 0.478 e. The van der Waals surface area contributed by atoms with Crippen molar-refractivity contribution in [2.75, 3.05) is 11.2 Å². The number of anilines is 1. The molecule has 0 aromatic heterocycles. The summed E-state index contributed by atoms with van der Waals surface area (Å²) in [4.78, 5) is 22.2. The number of hydrogen-bond acceptors (Lipinski definition) is 2. The zero-order valence-corrected chi connectivity index (χ0v) is 9.33. The van der Waals surface area contributed by atoms with E-state index in [1.165, 1.54) is 6.07 Å². The van der Waals surface area contributed by atoms with Crippen LogP contribution in [0, 0.1) is 0 Å². The molecule has 0 fully saturated rings. The van der Waals surface area contributed by atoms with Crippen molar-refractivity contribution in [1.29, 1.82) is 0 Å². The Labute approximate surface area is 98.2 Å². The van der Waals surface area contributed by atoms with Gasteiger partial charge in [-0.25, -0.2) is 4.79 Å². The monoisotopic (exact) mass is 241 g/mol. The van der Waals surface area contributed by atoms with Gasteiger partial charge in [0.05, 0.1) is 11.3 Å². The van der Waals surface area contributed by atoms with Crippen molar-refractivity contribution in [2.45, 2.75) is 12.8 Å². The number of para-hydroxylation sites is 1. The third kappa shape index (κ3) is 3.55. The Kier molecular flexibility index (Phi) is 4.79. The molecule has 0 unspecified atom stereocenters. The maximum absolute atomic E-state index is 11.4. The van der Waals surface area contributed by atoms with E-state index in [2.05, 4.69) is 5.32 Å². The van der Waals surface area contributed by atoms with Crippen molar-refractivity contribution >= 4 is 29.2 Å². The second-order valence-corrected chi connectivity index (χ2v) is 3.57. The molecule has 0 saturated carbocycles. The molecule has 0 heterocycles. The predicted molar refractivity (Wildman–Crippen MR) is 62.0 cm³/mol. The topological polar surface area (TPSA) is 66.4 Å².